The Hall–Kier alpha value is -1.62. The summed E-state index contributed by atoms with van der Waals surface area (Å²) in [6.07, 6.45) is 0. The number of hydrogen-bond acceptors (Lipinski definition) is 17. The number of fused-ring (bicyclic) bond motifs is 6. The number of imidazole rings is 1. The average molecular weight is 540 g/mol. The van der Waals surface area contributed by atoms with Crippen LogP contribution in [0, 0.1) is 0 Å². The molecule has 1 aromatic heterocycles. The lowest BCUT2D eigenvalue weighted by Gasteiger charge is -2.40. The van der Waals surface area contributed by atoms with Crippen LogP contribution in [0.4, 0.5) is 0 Å². The van der Waals surface area contributed by atoms with Gasteiger partial charge in [0.1, 0.15) is 12.1 Å². The Morgan fingerprint density at radius 3 is 2.44 bits per heavy atom. The molecule has 0 saturated carbocycles. The van der Waals surface area contributed by atoms with E-state index in [-0.39, 0.29) is 28.6 Å². The van der Waals surface area contributed by atoms with E-state index >= 15 is 0 Å². The van der Waals surface area contributed by atoms with E-state index in [0.29, 0.717) is 5.52 Å². The molecule has 3 unspecified atom stereocenters. The van der Waals surface area contributed by atoms with Crippen LogP contribution in [0.5, 0.6) is 17.2 Å². The third-order valence-electron chi connectivity index (χ3n) is 6.32. The van der Waals surface area contributed by atoms with Crippen LogP contribution in [0.3, 0.4) is 0 Å². The maximum absolute atomic E-state index is 13.1. The molecule has 9 heterocycles. The summed E-state index contributed by atoms with van der Waals surface area (Å²) in [6, 6.07) is 1.46. The van der Waals surface area contributed by atoms with Gasteiger partial charge in [-0.25, -0.2) is 32.2 Å². The summed E-state index contributed by atoms with van der Waals surface area (Å²) >= 11 is 0. The first-order valence-electron chi connectivity index (χ1n) is 9.36. The van der Waals surface area contributed by atoms with Crippen LogP contribution >= 0.6 is 23.5 Å². The van der Waals surface area contributed by atoms with E-state index in [0.717, 1.165) is 0 Å². The Balaban J connectivity index is 1.38. The summed E-state index contributed by atoms with van der Waals surface area (Å²) in [6.45, 7) is -1.04. The highest BCUT2D eigenvalue weighted by molar-refractivity contribution is 7.50. The molecule has 8 aliphatic rings. The third kappa shape index (κ3) is 1.67. The number of nitrogens with zero attached hydrogens (tertiary/aromatic N) is 2. The van der Waals surface area contributed by atoms with Gasteiger partial charge in [-0.05, 0) is 0 Å². The number of aromatic nitrogens is 2. The van der Waals surface area contributed by atoms with Crippen molar-refractivity contribution in [3.63, 3.8) is 0 Å². The molecule has 0 aliphatic carbocycles. The minimum atomic E-state index is -4.71. The van der Waals surface area contributed by atoms with Crippen LogP contribution in [0.2, 0.25) is 0 Å². The Labute approximate surface area is 185 Å². The lowest BCUT2D eigenvalue weighted by molar-refractivity contribution is -0.482. The second-order valence-corrected chi connectivity index (χ2v) is 12.3. The highest BCUT2D eigenvalue weighted by Gasteiger charge is 3.03. The minimum Gasteiger partial charge on any atom is -0.391 e. The molecule has 0 amide bonds. The van der Waals surface area contributed by atoms with E-state index in [1.165, 1.54) is 17.7 Å². The van der Waals surface area contributed by atoms with Gasteiger partial charge in [-0.3, -0.25) is 4.74 Å². The molecule has 1 aromatic carbocycles. The largest absolute Gasteiger partial charge is 0.647 e. The summed E-state index contributed by atoms with van der Waals surface area (Å²) in [5.41, 5.74) is 0.416. The zero-order valence-corrected chi connectivity index (χ0v) is 18.8. The van der Waals surface area contributed by atoms with Gasteiger partial charge >= 0.3 is 40.8 Å². The molecule has 1 N–H and O–H groups in total. The Bertz CT molecular complexity index is 1570. The molecular formula is C13H7N2O16P3. The smallest absolute Gasteiger partial charge is 0.391 e. The van der Waals surface area contributed by atoms with Gasteiger partial charge in [0.2, 0.25) is 11.5 Å². The molecule has 21 heteroatoms. The Morgan fingerprint density at radius 1 is 0.941 bits per heavy atom. The van der Waals surface area contributed by atoms with Crippen molar-refractivity contribution in [2.75, 3.05) is 6.61 Å². The molecular weight excluding hydrogens is 533 g/mol. The average Bonchev–Trinajstić information content (AvgIpc) is 3.49. The fraction of sp³-hybridized carbons (Fsp3) is 0.462. The van der Waals surface area contributed by atoms with E-state index in [2.05, 4.69) is 4.98 Å². The zero-order valence-electron chi connectivity index (χ0n) is 16.1. The van der Waals surface area contributed by atoms with E-state index in [1.54, 1.807) is 0 Å². The SMILES string of the molecule is Cn1c([C@@]23O[C@]4(CO)OP5(=O)O[C@@]46OOP(=O)(OO[C@@]26O5)O3)nc2c3c4c(cc21)OP(=O)(O4)O3. The van der Waals surface area contributed by atoms with Gasteiger partial charge in [0.15, 0.2) is 11.6 Å². The van der Waals surface area contributed by atoms with Crippen molar-refractivity contribution in [3.8, 4) is 17.2 Å². The van der Waals surface area contributed by atoms with Crippen molar-refractivity contribution in [2.45, 2.75) is 23.1 Å². The van der Waals surface area contributed by atoms with E-state index < -0.39 is 53.2 Å². The lowest BCUT2D eigenvalue weighted by Crippen LogP contribution is -2.67. The van der Waals surface area contributed by atoms with Gasteiger partial charge in [-0.15, -0.1) is 9.35 Å². The first kappa shape index (κ1) is 19.6. The second kappa shape index (κ2) is 4.96. The van der Waals surface area contributed by atoms with Crippen molar-refractivity contribution >= 4 is 34.5 Å². The number of hydrogen-bond donors (Lipinski definition) is 1. The number of aliphatic hydroxyl groups excluding tert-OH is 1. The van der Waals surface area contributed by atoms with Crippen LogP contribution < -0.4 is 13.6 Å². The number of aliphatic hydroxyl groups is 1. The van der Waals surface area contributed by atoms with Crippen molar-refractivity contribution in [1.82, 2.24) is 9.55 Å². The first-order valence-corrected chi connectivity index (χ1v) is 13.7. The van der Waals surface area contributed by atoms with Gasteiger partial charge in [-0.2, -0.15) is 14.3 Å². The van der Waals surface area contributed by atoms with Crippen LogP contribution in [0.15, 0.2) is 6.07 Å². The third-order valence-corrected chi connectivity index (χ3v) is 10.0. The van der Waals surface area contributed by atoms with Gasteiger partial charge in [-0.1, -0.05) is 0 Å². The van der Waals surface area contributed by atoms with Crippen LogP contribution in [-0.2, 0) is 68.5 Å². The topological polar surface area (TPSA) is 200 Å². The highest BCUT2D eigenvalue weighted by Crippen LogP contribution is 2.88. The standard InChI is InChI=1S/C13H7N2O16P3/c1-15-4-2-5-7-8(22-32(17,20-5)21-7)6(4)14-9(15)11-13-12(24-30-34(19,27-11)31-25-13)10(3-16,23-11)26-33(18,28-12)29-13/h2,16H,3H2,1H3/t10-,11+,12+,13-,32?,33?,34?/m1/s1. The van der Waals surface area contributed by atoms with Crippen molar-refractivity contribution in [3.05, 3.63) is 11.9 Å². The second-order valence-electron chi connectivity index (χ2n) is 8.05. The summed E-state index contributed by atoms with van der Waals surface area (Å²) in [4.78, 5) is 14.9. The molecule has 0 radical (unpaired) electrons. The van der Waals surface area contributed by atoms with E-state index in [1.807, 2.05) is 0 Å². The van der Waals surface area contributed by atoms with Gasteiger partial charge < -0.3 is 23.2 Å². The summed E-state index contributed by atoms with van der Waals surface area (Å²) in [7, 11) is -11.6. The molecule has 2 spiro atoms. The number of aryl methyl sites for hydroxylation is 1. The van der Waals surface area contributed by atoms with Crippen molar-refractivity contribution in [1.29, 1.82) is 0 Å². The molecule has 2 aromatic rings. The van der Waals surface area contributed by atoms with Crippen molar-refractivity contribution in [2.24, 2.45) is 7.05 Å². The molecule has 6 fully saturated rings. The highest BCUT2D eigenvalue weighted by atomic mass is 31.2. The number of phosphoric ester groups is 2. The van der Waals surface area contributed by atoms with E-state index in [4.69, 9.17) is 55.5 Å². The number of benzene rings is 1. The quantitative estimate of drug-likeness (QED) is 0.422. The van der Waals surface area contributed by atoms with Crippen molar-refractivity contribution < 1.29 is 74.3 Å². The molecule has 18 nitrogen and oxygen atoms in total. The van der Waals surface area contributed by atoms with Crippen LogP contribution in [-0.4, -0.2) is 38.6 Å². The number of phosphoric acid groups is 3. The summed E-state index contributed by atoms with van der Waals surface area (Å²) < 4.78 is 92.8. The molecule has 7 bridgehead atoms. The zero-order chi connectivity index (χ0) is 23.1. The van der Waals surface area contributed by atoms with Crippen LogP contribution in [0.25, 0.3) is 11.0 Å². The first-order chi connectivity index (χ1) is 16.0. The van der Waals surface area contributed by atoms with E-state index in [9.17, 15) is 18.8 Å². The summed E-state index contributed by atoms with van der Waals surface area (Å²) in [5, 5.41) is 10.2. The maximum Gasteiger partial charge on any atom is 0.647 e. The maximum atomic E-state index is 13.1. The predicted octanol–water partition coefficient (Wildman–Crippen LogP) is 1.34. The number of rotatable bonds is 2. The normalized spacial score (nSPS) is 52.2. The lowest BCUT2D eigenvalue weighted by atomic mass is 9.94. The Morgan fingerprint density at radius 2 is 1.68 bits per heavy atom. The van der Waals surface area contributed by atoms with Gasteiger partial charge in [0, 0.05) is 13.1 Å². The predicted molar refractivity (Wildman–Crippen MR) is 92.1 cm³/mol. The molecule has 10 rings (SSSR count). The van der Waals surface area contributed by atoms with Gasteiger partial charge in [0.05, 0.1) is 5.52 Å². The Kier molecular flexibility index (Phi) is 2.86. The summed E-state index contributed by atoms with van der Waals surface area (Å²) in [5.74, 6) is -10.3. The molecule has 6 saturated heterocycles. The monoisotopic (exact) mass is 540 g/mol. The molecule has 7 atom stereocenters. The fourth-order valence-corrected chi connectivity index (χ4v) is 9.22. The molecule has 8 aliphatic heterocycles. The minimum absolute atomic E-state index is 0.00554. The van der Waals surface area contributed by atoms with Gasteiger partial charge in [0.25, 0.3) is 5.79 Å². The molecule has 34 heavy (non-hydrogen) atoms. The fourth-order valence-electron chi connectivity index (χ4n) is 5.03. The van der Waals surface area contributed by atoms with Crippen LogP contribution in [0.1, 0.15) is 5.82 Å². The molecule has 180 valence electrons. The number of ether oxygens (including phenoxy) is 1.